The molecule has 0 amide bonds. The molecule has 0 aromatic carbocycles. The van der Waals surface area contributed by atoms with Crippen LogP contribution in [-0.4, -0.2) is 24.8 Å². The van der Waals surface area contributed by atoms with Crippen molar-refractivity contribution in [3.05, 3.63) is 0 Å². The van der Waals surface area contributed by atoms with Crippen molar-refractivity contribution in [3.63, 3.8) is 0 Å². The molecule has 1 unspecified atom stereocenters. The van der Waals surface area contributed by atoms with Crippen LogP contribution in [0, 0.1) is 5.92 Å². The van der Waals surface area contributed by atoms with Crippen LogP contribution in [0.15, 0.2) is 0 Å². The third-order valence-corrected chi connectivity index (χ3v) is 1.40. The molecule has 1 heterocycles. The molecule has 47 valence electrons. The molecule has 3 heteroatoms. The molecule has 1 atom stereocenters. The number of aliphatic hydroxyl groups excluding tert-OH is 1. The molecule has 1 rings (SSSR count). The van der Waals surface area contributed by atoms with E-state index in [0.717, 1.165) is 19.5 Å². The monoisotopic (exact) mass is 115 g/mol. The largest absolute Gasteiger partial charge is 0.396 e. The topological polar surface area (TPSA) is 46.4 Å². The van der Waals surface area contributed by atoms with Crippen molar-refractivity contribution in [2.75, 3.05) is 19.7 Å². The van der Waals surface area contributed by atoms with Gasteiger partial charge in [0, 0.05) is 19.7 Å². The average molecular weight is 115 g/mol. The molecule has 0 bridgehead atoms. The second kappa shape index (κ2) is 3.02. The van der Waals surface area contributed by atoms with Crippen LogP contribution in [0.1, 0.15) is 6.42 Å². The standard InChI is InChI=1S/C5H11N2O/c8-4-5-1-2-6-7-3-5/h5,7-8H,1-4H2. The Bertz CT molecular complexity index is 61.4. The zero-order chi connectivity index (χ0) is 5.82. The van der Waals surface area contributed by atoms with E-state index in [9.17, 15) is 0 Å². The van der Waals surface area contributed by atoms with Gasteiger partial charge in [-0.1, -0.05) is 0 Å². The number of hydrogen-bond donors (Lipinski definition) is 2. The predicted molar refractivity (Wildman–Crippen MR) is 30.2 cm³/mol. The summed E-state index contributed by atoms with van der Waals surface area (Å²) in [6.07, 6.45) is 1.03. The Balaban J connectivity index is 2.13. The highest BCUT2D eigenvalue weighted by atomic mass is 16.3. The van der Waals surface area contributed by atoms with Gasteiger partial charge in [0.1, 0.15) is 0 Å². The van der Waals surface area contributed by atoms with Crippen LogP contribution in [0.25, 0.3) is 0 Å². The summed E-state index contributed by atoms with van der Waals surface area (Å²) in [7, 11) is 0. The molecule has 0 spiro atoms. The molecule has 8 heavy (non-hydrogen) atoms. The Kier molecular flexibility index (Phi) is 2.27. The van der Waals surface area contributed by atoms with E-state index in [1.165, 1.54) is 0 Å². The fourth-order valence-electron chi connectivity index (χ4n) is 0.778. The summed E-state index contributed by atoms with van der Waals surface area (Å²) in [6.45, 7) is 1.99. The summed E-state index contributed by atoms with van der Waals surface area (Å²) in [4.78, 5) is 0. The van der Waals surface area contributed by atoms with Gasteiger partial charge in [-0.25, -0.2) is 5.43 Å². The number of nitrogens with one attached hydrogen (secondary N) is 1. The maximum absolute atomic E-state index is 8.61. The van der Waals surface area contributed by atoms with Gasteiger partial charge in [-0.15, -0.1) is 0 Å². The molecule has 1 fully saturated rings. The lowest BCUT2D eigenvalue weighted by molar-refractivity contribution is 0.188. The van der Waals surface area contributed by atoms with Gasteiger partial charge in [0.05, 0.1) is 0 Å². The Hall–Kier alpha value is -0.120. The fourth-order valence-corrected chi connectivity index (χ4v) is 0.778. The van der Waals surface area contributed by atoms with Crippen LogP contribution in [0.4, 0.5) is 0 Å². The van der Waals surface area contributed by atoms with Gasteiger partial charge in [0.15, 0.2) is 0 Å². The minimum Gasteiger partial charge on any atom is -0.396 e. The number of rotatable bonds is 1. The smallest absolute Gasteiger partial charge is 0.0472 e. The van der Waals surface area contributed by atoms with Crippen LogP contribution >= 0.6 is 0 Å². The van der Waals surface area contributed by atoms with Crippen molar-refractivity contribution in [1.82, 2.24) is 10.9 Å². The molecule has 0 aliphatic carbocycles. The Morgan fingerprint density at radius 2 is 2.62 bits per heavy atom. The van der Waals surface area contributed by atoms with E-state index in [1.54, 1.807) is 0 Å². The SMILES string of the molecule is OCC1CC[N]NC1. The molecule has 0 saturated carbocycles. The van der Waals surface area contributed by atoms with Crippen molar-refractivity contribution in [3.8, 4) is 0 Å². The number of nitrogens with zero attached hydrogens (tertiary/aromatic N) is 1. The lowest BCUT2D eigenvalue weighted by Gasteiger charge is -2.19. The first-order valence-corrected chi connectivity index (χ1v) is 2.93. The van der Waals surface area contributed by atoms with E-state index >= 15 is 0 Å². The predicted octanol–water partition coefficient (Wildman–Crippen LogP) is -0.892. The van der Waals surface area contributed by atoms with Gasteiger partial charge in [-0.3, -0.25) is 0 Å². The third kappa shape index (κ3) is 1.43. The minimum atomic E-state index is 0.294. The lowest BCUT2D eigenvalue weighted by atomic mass is 10.1. The van der Waals surface area contributed by atoms with Crippen molar-refractivity contribution in [2.45, 2.75) is 6.42 Å². The zero-order valence-corrected chi connectivity index (χ0v) is 4.80. The fraction of sp³-hybridized carbons (Fsp3) is 1.00. The van der Waals surface area contributed by atoms with Crippen LogP contribution in [0.5, 0.6) is 0 Å². The van der Waals surface area contributed by atoms with Crippen LogP contribution in [-0.2, 0) is 0 Å². The van der Waals surface area contributed by atoms with Gasteiger partial charge < -0.3 is 5.11 Å². The summed E-state index contributed by atoms with van der Waals surface area (Å²) in [6, 6.07) is 0. The highest BCUT2D eigenvalue weighted by Crippen LogP contribution is 2.01. The van der Waals surface area contributed by atoms with Gasteiger partial charge in [0.25, 0.3) is 0 Å². The van der Waals surface area contributed by atoms with Crippen molar-refractivity contribution in [2.24, 2.45) is 5.92 Å². The van der Waals surface area contributed by atoms with Crippen molar-refractivity contribution in [1.29, 1.82) is 0 Å². The third-order valence-electron chi connectivity index (χ3n) is 1.40. The van der Waals surface area contributed by atoms with Crippen LogP contribution in [0.3, 0.4) is 0 Å². The zero-order valence-electron chi connectivity index (χ0n) is 4.80. The summed E-state index contributed by atoms with van der Waals surface area (Å²) < 4.78 is 0. The highest BCUT2D eigenvalue weighted by Gasteiger charge is 2.10. The highest BCUT2D eigenvalue weighted by molar-refractivity contribution is 4.64. The first-order chi connectivity index (χ1) is 3.93. The van der Waals surface area contributed by atoms with Crippen LogP contribution in [0.2, 0.25) is 0 Å². The maximum atomic E-state index is 8.61. The molecule has 1 aliphatic heterocycles. The molecule has 3 nitrogen and oxygen atoms in total. The van der Waals surface area contributed by atoms with Crippen molar-refractivity contribution >= 4 is 0 Å². The van der Waals surface area contributed by atoms with E-state index in [1.807, 2.05) is 0 Å². The van der Waals surface area contributed by atoms with Crippen molar-refractivity contribution < 1.29 is 5.11 Å². The van der Waals surface area contributed by atoms with E-state index in [-0.39, 0.29) is 0 Å². The van der Waals surface area contributed by atoms with Gasteiger partial charge in [0.2, 0.25) is 0 Å². The Labute approximate surface area is 49.1 Å². The number of aliphatic hydroxyl groups is 1. The van der Waals surface area contributed by atoms with Gasteiger partial charge in [-0.2, -0.15) is 5.43 Å². The molecule has 1 aliphatic rings. The first-order valence-electron chi connectivity index (χ1n) is 2.93. The van der Waals surface area contributed by atoms with Crippen LogP contribution < -0.4 is 10.9 Å². The Morgan fingerprint density at radius 1 is 1.75 bits per heavy atom. The molecule has 1 saturated heterocycles. The van der Waals surface area contributed by atoms with Gasteiger partial charge in [-0.05, 0) is 12.3 Å². The summed E-state index contributed by atoms with van der Waals surface area (Å²) in [5, 5.41) is 8.61. The molecule has 2 N–H and O–H groups in total. The Morgan fingerprint density at radius 3 is 3.00 bits per heavy atom. The second-order valence-electron chi connectivity index (χ2n) is 2.08. The first kappa shape index (κ1) is 6.01. The molecule has 0 aromatic rings. The molecular weight excluding hydrogens is 104 g/mol. The normalized spacial score (nSPS) is 30.4. The molecule has 1 radical (unpaired) electrons. The van der Waals surface area contributed by atoms with E-state index in [0.29, 0.717) is 12.5 Å². The minimum absolute atomic E-state index is 0.294. The lowest BCUT2D eigenvalue weighted by Crippen LogP contribution is -2.38. The molecule has 0 aromatic heterocycles. The van der Waals surface area contributed by atoms with Gasteiger partial charge >= 0.3 is 0 Å². The summed E-state index contributed by atoms with van der Waals surface area (Å²) in [5.41, 5.74) is 6.76. The molecular formula is C5H11N2O. The second-order valence-corrected chi connectivity index (χ2v) is 2.08. The summed E-state index contributed by atoms with van der Waals surface area (Å²) >= 11 is 0. The van der Waals surface area contributed by atoms with E-state index in [4.69, 9.17) is 5.11 Å². The quantitative estimate of drug-likeness (QED) is 0.465. The van der Waals surface area contributed by atoms with E-state index < -0.39 is 0 Å². The maximum Gasteiger partial charge on any atom is 0.0472 e. The van der Waals surface area contributed by atoms with E-state index in [2.05, 4.69) is 10.9 Å². The number of hydrogen-bond acceptors (Lipinski definition) is 2. The average Bonchev–Trinajstić information content (AvgIpc) is 1.90. The summed E-state index contributed by atoms with van der Waals surface area (Å²) in [5.74, 6) is 0.437.